The van der Waals surface area contributed by atoms with E-state index in [4.69, 9.17) is 9.47 Å². The topological polar surface area (TPSA) is 58.1 Å². The van der Waals surface area contributed by atoms with E-state index in [0.29, 0.717) is 12.5 Å². The SMILES string of the molecule is CN=C(NCC1CCN(Cc2cccs2)CC1)NCC(C)Oc1ccccc1OC. The number of aliphatic imine (C=N–C) groups is 1. The smallest absolute Gasteiger partial charge is 0.191 e. The molecule has 7 heteroatoms. The predicted molar refractivity (Wildman–Crippen MR) is 125 cm³/mol. The van der Waals surface area contributed by atoms with Crippen molar-refractivity contribution in [1.82, 2.24) is 15.5 Å². The van der Waals surface area contributed by atoms with Crippen LogP contribution in [0.5, 0.6) is 11.5 Å². The van der Waals surface area contributed by atoms with Gasteiger partial charge in [-0.05, 0) is 62.4 Å². The average Bonchev–Trinajstić information content (AvgIpc) is 3.28. The van der Waals surface area contributed by atoms with Crippen LogP contribution in [0, 0.1) is 5.92 Å². The Morgan fingerprint density at radius 2 is 1.93 bits per heavy atom. The van der Waals surface area contributed by atoms with Crippen LogP contribution in [0.3, 0.4) is 0 Å². The van der Waals surface area contributed by atoms with Crippen LogP contribution < -0.4 is 20.1 Å². The zero-order chi connectivity index (χ0) is 21.2. The Labute approximate surface area is 184 Å². The van der Waals surface area contributed by atoms with Crippen molar-refractivity contribution < 1.29 is 9.47 Å². The Hall–Kier alpha value is -2.25. The second kappa shape index (κ2) is 11.8. The summed E-state index contributed by atoms with van der Waals surface area (Å²) in [6, 6.07) is 12.1. The van der Waals surface area contributed by atoms with Crippen molar-refractivity contribution in [2.75, 3.05) is 40.3 Å². The van der Waals surface area contributed by atoms with Gasteiger partial charge in [0, 0.05) is 25.0 Å². The van der Waals surface area contributed by atoms with E-state index in [1.54, 1.807) is 7.11 Å². The van der Waals surface area contributed by atoms with E-state index in [-0.39, 0.29) is 6.10 Å². The lowest BCUT2D eigenvalue weighted by atomic mass is 9.97. The van der Waals surface area contributed by atoms with Gasteiger partial charge in [0.2, 0.25) is 0 Å². The molecule has 1 aliphatic rings. The Bertz CT molecular complexity index is 773. The minimum atomic E-state index is -0.0136. The molecule has 0 aliphatic carbocycles. The van der Waals surface area contributed by atoms with E-state index in [9.17, 15) is 0 Å². The van der Waals surface area contributed by atoms with E-state index in [1.165, 1.54) is 30.8 Å². The zero-order valence-electron chi connectivity index (χ0n) is 18.3. The fraction of sp³-hybridized carbons (Fsp3) is 0.522. The first kappa shape index (κ1) is 22.4. The average molecular weight is 431 g/mol. The van der Waals surface area contributed by atoms with Crippen LogP contribution in [0.1, 0.15) is 24.6 Å². The van der Waals surface area contributed by atoms with Gasteiger partial charge in [0.1, 0.15) is 6.10 Å². The van der Waals surface area contributed by atoms with Crippen LogP contribution in [0.25, 0.3) is 0 Å². The van der Waals surface area contributed by atoms with Crippen LogP contribution in [0.4, 0.5) is 0 Å². The number of guanidine groups is 1. The molecule has 1 saturated heterocycles. The second-order valence-corrected chi connectivity index (χ2v) is 8.74. The number of para-hydroxylation sites is 2. The molecule has 1 aromatic carbocycles. The maximum Gasteiger partial charge on any atom is 0.191 e. The van der Waals surface area contributed by atoms with Gasteiger partial charge >= 0.3 is 0 Å². The first-order valence-electron chi connectivity index (χ1n) is 10.7. The van der Waals surface area contributed by atoms with Gasteiger partial charge in [0.05, 0.1) is 13.7 Å². The van der Waals surface area contributed by atoms with Gasteiger partial charge in [-0.15, -0.1) is 11.3 Å². The van der Waals surface area contributed by atoms with Gasteiger partial charge in [-0.3, -0.25) is 9.89 Å². The normalized spacial score (nSPS) is 16.8. The predicted octanol–water partition coefficient (Wildman–Crippen LogP) is 3.60. The number of nitrogens with one attached hydrogen (secondary N) is 2. The summed E-state index contributed by atoms with van der Waals surface area (Å²) in [5.41, 5.74) is 0. The largest absolute Gasteiger partial charge is 0.493 e. The number of thiophene rings is 1. The lowest BCUT2D eigenvalue weighted by Gasteiger charge is -2.32. The molecule has 0 bridgehead atoms. The molecule has 1 atom stereocenters. The lowest BCUT2D eigenvalue weighted by Crippen LogP contribution is -2.45. The van der Waals surface area contributed by atoms with Crippen molar-refractivity contribution in [2.24, 2.45) is 10.9 Å². The third kappa shape index (κ3) is 6.92. The van der Waals surface area contributed by atoms with E-state index in [1.807, 2.05) is 49.6 Å². The number of likely N-dealkylation sites (tertiary alicyclic amines) is 1. The number of methoxy groups -OCH3 is 1. The lowest BCUT2D eigenvalue weighted by molar-refractivity contribution is 0.179. The molecule has 1 fully saturated rings. The maximum absolute atomic E-state index is 6.01. The first-order valence-corrected chi connectivity index (χ1v) is 11.5. The molecule has 0 radical (unpaired) electrons. The number of benzene rings is 1. The van der Waals surface area contributed by atoms with Crippen LogP contribution >= 0.6 is 11.3 Å². The number of nitrogens with zero attached hydrogens (tertiary/aromatic N) is 2. The minimum absolute atomic E-state index is 0.0136. The number of hydrogen-bond acceptors (Lipinski definition) is 5. The molecule has 6 nitrogen and oxygen atoms in total. The third-order valence-electron chi connectivity index (χ3n) is 5.40. The summed E-state index contributed by atoms with van der Waals surface area (Å²) in [6.45, 7) is 7.08. The highest BCUT2D eigenvalue weighted by Gasteiger charge is 2.20. The van der Waals surface area contributed by atoms with E-state index < -0.39 is 0 Å². The van der Waals surface area contributed by atoms with Crippen molar-refractivity contribution in [3.8, 4) is 11.5 Å². The molecule has 0 saturated carbocycles. The molecule has 0 amide bonds. The van der Waals surface area contributed by atoms with Gasteiger partial charge < -0.3 is 20.1 Å². The molecule has 3 rings (SSSR count). The fourth-order valence-electron chi connectivity index (χ4n) is 3.65. The quantitative estimate of drug-likeness (QED) is 0.470. The molecular formula is C23H34N4O2S. The summed E-state index contributed by atoms with van der Waals surface area (Å²) >= 11 is 1.85. The molecule has 2 N–H and O–H groups in total. The van der Waals surface area contributed by atoms with Crippen molar-refractivity contribution in [2.45, 2.75) is 32.4 Å². The van der Waals surface area contributed by atoms with Crippen LogP contribution in [0.15, 0.2) is 46.8 Å². The first-order chi connectivity index (χ1) is 14.7. The van der Waals surface area contributed by atoms with Crippen molar-refractivity contribution >= 4 is 17.3 Å². The maximum atomic E-state index is 6.01. The molecular weight excluding hydrogens is 396 g/mol. The number of hydrogen-bond donors (Lipinski definition) is 2. The van der Waals surface area contributed by atoms with Crippen LogP contribution in [-0.2, 0) is 6.54 Å². The Kier molecular flexibility index (Phi) is 8.83. The Balaban J connectivity index is 1.35. The van der Waals surface area contributed by atoms with Crippen molar-refractivity contribution in [1.29, 1.82) is 0 Å². The fourth-order valence-corrected chi connectivity index (χ4v) is 4.39. The van der Waals surface area contributed by atoms with Crippen LogP contribution in [0.2, 0.25) is 0 Å². The molecule has 1 unspecified atom stereocenters. The van der Waals surface area contributed by atoms with Gasteiger partial charge in [-0.2, -0.15) is 0 Å². The van der Waals surface area contributed by atoms with Gasteiger partial charge in [0.25, 0.3) is 0 Å². The molecule has 1 aromatic heterocycles. The number of rotatable bonds is 9. The molecule has 2 aromatic rings. The van der Waals surface area contributed by atoms with E-state index in [0.717, 1.165) is 30.5 Å². The summed E-state index contributed by atoms with van der Waals surface area (Å²) in [5, 5.41) is 9.01. The number of piperidine rings is 1. The van der Waals surface area contributed by atoms with Gasteiger partial charge in [-0.25, -0.2) is 0 Å². The molecule has 2 heterocycles. The van der Waals surface area contributed by atoms with Gasteiger partial charge in [-0.1, -0.05) is 18.2 Å². The Morgan fingerprint density at radius 3 is 2.60 bits per heavy atom. The summed E-state index contributed by atoms with van der Waals surface area (Å²) in [6.07, 6.45) is 2.44. The summed E-state index contributed by atoms with van der Waals surface area (Å²) in [4.78, 5) is 8.38. The molecule has 0 spiro atoms. The van der Waals surface area contributed by atoms with Crippen LogP contribution in [-0.4, -0.2) is 57.3 Å². The summed E-state index contributed by atoms with van der Waals surface area (Å²) in [5.74, 6) is 3.01. The third-order valence-corrected chi connectivity index (χ3v) is 6.26. The molecule has 1 aliphatic heterocycles. The van der Waals surface area contributed by atoms with Gasteiger partial charge in [0.15, 0.2) is 17.5 Å². The van der Waals surface area contributed by atoms with E-state index >= 15 is 0 Å². The van der Waals surface area contributed by atoms with Crippen molar-refractivity contribution in [3.05, 3.63) is 46.7 Å². The molecule has 164 valence electrons. The highest BCUT2D eigenvalue weighted by Crippen LogP contribution is 2.26. The minimum Gasteiger partial charge on any atom is -0.493 e. The summed E-state index contributed by atoms with van der Waals surface area (Å²) < 4.78 is 11.4. The zero-order valence-corrected chi connectivity index (χ0v) is 19.1. The summed E-state index contributed by atoms with van der Waals surface area (Å²) in [7, 11) is 3.47. The standard InChI is InChI=1S/C23H34N4O2S/c1-18(29-22-9-5-4-8-21(22)28-3)15-25-23(24-2)26-16-19-10-12-27(13-11-19)17-20-7-6-14-30-20/h4-9,14,18-19H,10-13,15-17H2,1-3H3,(H2,24,25,26). The second-order valence-electron chi connectivity index (χ2n) is 7.71. The van der Waals surface area contributed by atoms with Crippen molar-refractivity contribution in [3.63, 3.8) is 0 Å². The number of ether oxygens (including phenoxy) is 2. The Morgan fingerprint density at radius 1 is 1.17 bits per heavy atom. The highest BCUT2D eigenvalue weighted by molar-refractivity contribution is 7.09. The monoisotopic (exact) mass is 430 g/mol. The molecule has 30 heavy (non-hydrogen) atoms. The highest BCUT2D eigenvalue weighted by atomic mass is 32.1. The van der Waals surface area contributed by atoms with E-state index in [2.05, 4.69) is 38.0 Å².